The Hall–Kier alpha value is -2.56. The Morgan fingerprint density at radius 1 is 1.12 bits per heavy atom. The van der Waals surface area contributed by atoms with Crippen LogP contribution < -0.4 is 9.47 Å². The van der Waals surface area contributed by atoms with Crippen LogP contribution in [0.5, 0.6) is 11.6 Å². The second-order valence-corrected chi connectivity index (χ2v) is 6.33. The molecular formula is C20H24N2O3. The van der Waals surface area contributed by atoms with Crippen molar-refractivity contribution in [3.63, 3.8) is 0 Å². The number of piperidine rings is 1. The molecule has 0 saturated carbocycles. The number of hydrogen-bond donors (Lipinski definition) is 0. The number of amides is 1. The Bertz CT molecular complexity index is 697. The Balaban J connectivity index is 1.49. The third kappa shape index (κ3) is 4.72. The number of benzene rings is 1. The number of aromatic nitrogens is 1. The summed E-state index contributed by atoms with van der Waals surface area (Å²) in [6, 6.07) is 15.2. The molecule has 3 rings (SSSR count). The molecule has 5 heteroatoms. The van der Waals surface area contributed by atoms with E-state index in [-0.39, 0.29) is 12.0 Å². The Morgan fingerprint density at radius 3 is 2.52 bits per heavy atom. The van der Waals surface area contributed by atoms with E-state index in [9.17, 15) is 4.79 Å². The first-order valence-electron chi connectivity index (χ1n) is 8.72. The van der Waals surface area contributed by atoms with Crippen molar-refractivity contribution in [2.45, 2.75) is 38.9 Å². The van der Waals surface area contributed by atoms with E-state index in [0.29, 0.717) is 24.7 Å². The van der Waals surface area contributed by atoms with Crippen LogP contribution in [-0.4, -0.2) is 41.1 Å². The van der Waals surface area contributed by atoms with Gasteiger partial charge in [0, 0.05) is 37.7 Å². The molecule has 0 aliphatic carbocycles. The van der Waals surface area contributed by atoms with Gasteiger partial charge < -0.3 is 14.4 Å². The number of rotatable bonds is 5. The lowest BCUT2D eigenvalue weighted by Gasteiger charge is -2.33. The lowest BCUT2D eigenvalue weighted by atomic mass is 10.1. The van der Waals surface area contributed by atoms with Crippen LogP contribution in [0, 0.1) is 6.92 Å². The third-order valence-electron chi connectivity index (χ3n) is 4.31. The maximum absolute atomic E-state index is 12.6. The van der Waals surface area contributed by atoms with E-state index in [1.54, 1.807) is 6.92 Å². The van der Waals surface area contributed by atoms with E-state index in [0.717, 1.165) is 18.5 Å². The van der Waals surface area contributed by atoms with Crippen LogP contribution in [0.1, 0.15) is 25.5 Å². The molecule has 25 heavy (non-hydrogen) atoms. The van der Waals surface area contributed by atoms with Gasteiger partial charge in [-0.25, -0.2) is 4.98 Å². The zero-order valence-corrected chi connectivity index (χ0v) is 14.7. The maximum Gasteiger partial charge on any atom is 0.263 e. The molecule has 0 N–H and O–H groups in total. The zero-order valence-electron chi connectivity index (χ0n) is 14.7. The predicted molar refractivity (Wildman–Crippen MR) is 95.7 cm³/mol. The van der Waals surface area contributed by atoms with Crippen molar-refractivity contribution in [1.82, 2.24) is 9.88 Å². The fraction of sp³-hybridized carbons (Fsp3) is 0.400. The second-order valence-electron chi connectivity index (χ2n) is 6.33. The molecule has 0 bridgehead atoms. The van der Waals surface area contributed by atoms with Crippen LogP contribution in [0.15, 0.2) is 48.5 Å². The van der Waals surface area contributed by atoms with Gasteiger partial charge in [-0.3, -0.25) is 4.79 Å². The Morgan fingerprint density at radius 2 is 1.84 bits per heavy atom. The number of para-hydroxylation sites is 1. The molecule has 1 atom stereocenters. The molecule has 1 aliphatic rings. The van der Waals surface area contributed by atoms with Gasteiger partial charge in [-0.15, -0.1) is 0 Å². The number of ether oxygens (including phenoxy) is 2. The molecule has 1 aromatic carbocycles. The topological polar surface area (TPSA) is 51.7 Å². The molecule has 0 radical (unpaired) electrons. The smallest absolute Gasteiger partial charge is 0.263 e. The summed E-state index contributed by atoms with van der Waals surface area (Å²) in [4.78, 5) is 18.8. The van der Waals surface area contributed by atoms with Gasteiger partial charge in [-0.1, -0.05) is 24.3 Å². The predicted octanol–water partition coefficient (Wildman–Crippen LogP) is 3.23. The molecule has 132 valence electrons. The van der Waals surface area contributed by atoms with Crippen molar-refractivity contribution in [2.75, 3.05) is 13.1 Å². The number of pyridine rings is 1. The molecule has 1 aromatic heterocycles. The first-order chi connectivity index (χ1) is 12.1. The van der Waals surface area contributed by atoms with Crippen molar-refractivity contribution in [3.05, 3.63) is 54.2 Å². The molecule has 1 saturated heterocycles. The van der Waals surface area contributed by atoms with Crippen molar-refractivity contribution in [3.8, 4) is 11.6 Å². The highest BCUT2D eigenvalue weighted by Crippen LogP contribution is 2.19. The number of likely N-dealkylation sites (tertiary alicyclic amines) is 1. The highest BCUT2D eigenvalue weighted by Gasteiger charge is 2.28. The normalized spacial score (nSPS) is 16.3. The van der Waals surface area contributed by atoms with Gasteiger partial charge >= 0.3 is 0 Å². The van der Waals surface area contributed by atoms with Gasteiger partial charge in [0.15, 0.2) is 6.10 Å². The highest BCUT2D eigenvalue weighted by atomic mass is 16.5. The van der Waals surface area contributed by atoms with Gasteiger partial charge in [0.25, 0.3) is 5.91 Å². The minimum atomic E-state index is -0.488. The zero-order chi connectivity index (χ0) is 17.6. The van der Waals surface area contributed by atoms with Gasteiger partial charge in [0.1, 0.15) is 11.9 Å². The van der Waals surface area contributed by atoms with Crippen molar-refractivity contribution < 1.29 is 14.3 Å². The molecule has 5 nitrogen and oxygen atoms in total. The minimum absolute atomic E-state index is 0.0241. The average molecular weight is 340 g/mol. The van der Waals surface area contributed by atoms with E-state index in [4.69, 9.17) is 9.47 Å². The largest absolute Gasteiger partial charge is 0.481 e. The number of carbonyl (C=O) groups excluding carboxylic acids is 1. The fourth-order valence-corrected chi connectivity index (χ4v) is 2.96. The fourth-order valence-electron chi connectivity index (χ4n) is 2.96. The van der Waals surface area contributed by atoms with E-state index in [1.807, 2.05) is 60.4 Å². The molecule has 0 unspecified atom stereocenters. The van der Waals surface area contributed by atoms with Gasteiger partial charge in [-0.05, 0) is 32.0 Å². The molecule has 1 fully saturated rings. The van der Waals surface area contributed by atoms with Gasteiger partial charge in [-0.2, -0.15) is 0 Å². The summed E-state index contributed by atoms with van der Waals surface area (Å²) >= 11 is 0. The average Bonchev–Trinajstić information content (AvgIpc) is 2.62. The maximum atomic E-state index is 12.6. The Labute approximate surface area is 148 Å². The van der Waals surface area contributed by atoms with E-state index >= 15 is 0 Å². The van der Waals surface area contributed by atoms with E-state index in [1.165, 1.54) is 0 Å². The summed E-state index contributed by atoms with van der Waals surface area (Å²) in [5.41, 5.74) is 0.942. The molecule has 2 aromatic rings. The summed E-state index contributed by atoms with van der Waals surface area (Å²) < 4.78 is 11.7. The van der Waals surface area contributed by atoms with Crippen molar-refractivity contribution in [1.29, 1.82) is 0 Å². The van der Waals surface area contributed by atoms with Crippen molar-refractivity contribution >= 4 is 5.91 Å². The van der Waals surface area contributed by atoms with Crippen LogP contribution in [0.3, 0.4) is 0 Å². The second kappa shape index (κ2) is 8.01. The lowest BCUT2D eigenvalue weighted by Crippen LogP contribution is -2.46. The first-order valence-corrected chi connectivity index (χ1v) is 8.72. The van der Waals surface area contributed by atoms with E-state index in [2.05, 4.69) is 4.98 Å². The number of hydrogen-bond acceptors (Lipinski definition) is 4. The van der Waals surface area contributed by atoms with Crippen LogP contribution in [-0.2, 0) is 4.79 Å². The minimum Gasteiger partial charge on any atom is -0.481 e. The third-order valence-corrected chi connectivity index (χ3v) is 4.31. The molecule has 0 spiro atoms. The molecular weight excluding hydrogens is 316 g/mol. The molecule has 1 aliphatic heterocycles. The number of aryl methyl sites for hydroxylation is 1. The summed E-state index contributed by atoms with van der Waals surface area (Å²) in [5.74, 6) is 1.40. The number of carbonyl (C=O) groups is 1. The Kier molecular flexibility index (Phi) is 5.53. The summed E-state index contributed by atoms with van der Waals surface area (Å²) in [7, 11) is 0. The van der Waals surface area contributed by atoms with Crippen LogP contribution in [0.2, 0.25) is 0 Å². The van der Waals surface area contributed by atoms with Crippen LogP contribution in [0.4, 0.5) is 0 Å². The highest BCUT2D eigenvalue weighted by molar-refractivity contribution is 5.81. The van der Waals surface area contributed by atoms with Crippen molar-refractivity contribution in [2.24, 2.45) is 0 Å². The summed E-state index contributed by atoms with van der Waals surface area (Å²) in [6.07, 6.45) is 1.22. The standard InChI is InChI=1S/C20H24N2O3/c1-15-7-6-10-19(21-15)25-18-11-13-22(14-12-18)20(23)16(2)24-17-8-4-3-5-9-17/h3-10,16,18H,11-14H2,1-2H3/t16-/m0/s1. The lowest BCUT2D eigenvalue weighted by molar-refractivity contribution is -0.139. The SMILES string of the molecule is Cc1cccc(OC2CCN(C(=O)[C@H](C)Oc3ccccc3)CC2)n1. The molecule has 2 heterocycles. The van der Waals surface area contributed by atoms with Crippen LogP contribution in [0.25, 0.3) is 0 Å². The van der Waals surface area contributed by atoms with Crippen LogP contribution >= 0.6 is 0 Å². The monoisotopic (exact) mass is 340 g/mol. The quantitative estimate of drug-likeness (QED) is 0.838. The first kappa shape index (κ1) is 17.3. The molecule has 1 amide bonds. The van der Waals surface area contributed by atoms with Gasteiger partial charge in [0.2, 0.25) is 5.88 Å². The number of nitrogens with zero attached hydrogens (tertiary/aromatic N) is 2. The van der Waals surface area contributed by atoms with E-state index < -0.39 is 6.10 Å². The summed E-state index contributed by atoms with van der Waals surface area (Å²) in [5, 5.41) is 0. The van der Waals surface area contributed by atoms with Gasteiger partial charge in [0.05, 0.1) is 0 Å². The summed E-state index contributed by atoms with van der Waals surface area (Å²) in [6.45, 7) is 5.10.